The lowest BCUT2D eigenvalue weighted by molar-refractivity contribution is -0.301. The second-order valence-electron chi connectivity index (χ2n) is 3.35. The molecule has 15 heavy (non-hydrogen) atoms. The summed E-state index contributed by atoms with van der Waals surface area (Å²) in [7, 11) is 0. The molecule has 0 N–H and O–H groups in total. The van der Waals surface area contributed by atoms with E-state index in [1.807, 2.05) is 25.1 Å². The molecular weight excluding hydrogens is 188 g/mol. The molecule has 1 aromatic heterocycles. The molecule has 1 heterocycles. The zero-order valence-electron chi connectivity index (χ0n) is 9.10. The molecule has 0 aliphatic carbocycles. The van der Waals surface area contributed by atoms with Gasteiger partial charge in [0.15, 0.2) is 0 Å². The summed E-state index contributed by atoms with van der Waals surface area (Å²) in [5.74, 6) is 0.0362. The van der Waals surface area contributed by atoms with E-state index in [1.54, 1.807) is 12.3 Å². The van der Waals surface area contributed by atoms with Gasteiger partial charge in [0.25, 0.3) is 0 Å². The van der Waals surface area contributed by atoms with E-state index >= 15 is 0 Å². The van der Waals surface area contributed by atoms with Crippen molar-refractivity contribution >= 4 is 5.71 Å². The van der Waals surface area contributed by atoms with Crippen LogP contribution in [0, 0.1) is 0 Å². The summed E-state index contributed by atoms with van der Waals surface area (Å²) >= 11 is 0. The molecule has 3 nitrogen and oxygen atoms in total. The van der Waals surface area contributed by atoms with E-state index in [2.05, 4.69) is 9.98 Å². The van der Waals surface area contributed by atoms with Crippen molar-refractivity contribution in [2.75, 3.05) is 6.54 Å². The van der Waals surface area contributed by atoms with Gasteiger partial charge in [-0.15, -0.1) is 5.76 Å². The third-order valence-corrected chi connectivity index (χ3v) is 1.87. The number of rotatable bonds is 4. The van der Waals surface area contributed by atoms with Gasteiger partial charge in [0, 0.05) is 30.6 Å². The normalized spacial score (nSPS) is 12.9. The molecule has 0 aliphatic heterocycles. The van der Waals surface area contributed by atoms with Gasteiger partial charge in [-0.25, -0.2) is 0 Å². The Bertz CT molecular complexity index is 351. The first kappa shape index (κ1) is 11.4. The standard InChI is InChI=1S/C12H16N2O/c1-10(9-11(2)15)13-8-6-12-5-3-4-7-14-12/h3-5,7,9,15H,6,8H2,1-2H3/p-1. The van der Waals surface area contributed by atoms with Gasteiger partial charge < -0.3 is 5.11 Å². The number of aliphatic imine (C=N–C) groups is 1. The van der Waals surface area contributed by atoms with Gasteiger partial charge in [0.2, 0.25) is 0 Å². The predicted octanol–water partition coefficient (Wildman–Crippen LogP) is 1.35. The average molecular weight is 203 g/mol. The molecule has 0 radical (unpaired) electrons. The fourth-order valence-corrected chi connectivity index (χ4v) is 1.23. The Hall–Kier alpha value is -1.64. The molecule has 0 bridgehead atoms. The van der Waals surface area contributed by atoms with E-state index < -0.39 is 0 Å². The molecule has 0 saturated heterocycles. The minimum atomic E-state index is 0.0362. The minimum absolute atomic E-state index is 0.0362. The summed E-state index contributed by atoms with van der Waals surface area (Å²) in [6.07, 6.45) is 4.12. The molecule has 0 spiro atoms. The smallest absolute Gasteiger partial charge is 0.0447 e. The fraction of sp³-hybridized carbons (Fsp3) is 0.333. The van der Waals surface area contributed by atoms with Crippen LogP contribution in [0.5, 0.6) is 0 Å². The van der Waals surface area contributed by atoms with Gasteiger partial charge in [0.1, 0.15) is 0 Å². The van der Waals surface area contributed by atoms with E-state index in [9.17, 15) is 5.11 Å². The average Bonchev–Trinajstić information content (AvgIpc) is 2.18. The van der Waals surface area contributed by atoms with E-state index in [-0.39, 0.29) is 5.76 Å². The number of hydrogen-bond acceptors (Lipinski definition) is 3. The molecule has 0 fully saturated rings. The van der Waals surface area contributed by atoms with Gasteiger partial charge in [-0.1, -0.05) is 19.1 Å². The van der Waals surface area contributed by atoms with Crippen LogP contribution in [0.1, 0.15) is 19.5 Å². The number of aromatic nitrogens is 1. The zero-order valence-corrected chi connectivity index (χ0v) is 9.10. The van der Waals surface area contributed by atoms with Crippen molar-refractivity contribution in [1.82, 2.24) is 4.98 Å². The molecule has 1 aromatic rings. The second kappa shape index (κ2) is 5.96. The predicted molar refractivity (Wildman–Crippen MR) is 59.7 cm³/mol. The van der Waals surface area contributed by atoms with Crippen LogP contribution in [0.25, 0.3) is 0 Å². The molecule has 0 atom stereocenters. The monoisotopic (exact) mass is 203 g/mol. The maximum Gasteiger partial charge on any atom is 0.0447 e. The SMILES string of the molecule is CC([O-])=CC(C)=NCCc1ccccn1. The first-order chi connectivity index (χ1) is 7.18. The highest BCUT2D eigenvalue weighted by molar-refractivity contribution is 5.92. The van der Waals surface area contributed by atoms with Crippen molar-refractivity contribution in [2.45, 2.75) is 20.3 Å². The van der Waals surface area contributed by atoms with Crippen molar-refractivity contribution in [2.24, 2.45) is 4.99 Å². The Morgan fingerprint density at radius 3 is 2.87 bits per heavy atom. The molecule has 0 aliphatic rings. The highest BCUT2D eigenvalue weighted by atomic mass is 16.3. The van der Waals surface area contributed by atoms with Gasteiger partial charge >= 0.3 is 0 Å². The minimum Gasteiger partial charge on any atom is -0.876 e. The van der Waals surface area contributed by atoms with E-state index in [1.165, 1.54) is 6.92 Å². The lowest BCUT2D eigenvalue weighted by atomic mass is 10.2. The van der Waals surface area contributed by atoms with E-state index in [0.29, 0.717) is 6.54 Å². The number of allylic oxidation sites excluding steroid dienone is 2. The van der Waals surface area contributed by atoms with E-state index in [0.717, 1.165) is 17.8 Å². The third kappa shape index (κ3) is 4.96. The summed E-state index contributed by atoms with van der Waals surface area (Å²) in [4.78, 5) is 8.45. The maximum absolute atomic E-state index is 10.7. The van der Waals surface area contributed by atoms with Crippen molar-refractivity contribution in [3.05, 3.63) is 41.9 Å². The summed E-state index contributed by atoms with van der Waals surface area (Å²) in [5, 5.41) is 10.7. The first-order valence-corrected chi connectivity index (χ1v) is 4.95. The number of nitrogens with zero attached hydrogens (tertiary/aromatic N) is 2. The zero-order chi connectivity index (χ0) is 11.1. The molecule has 1 rings (SSSR count). The molecule has 3 heteroatoms. The highest BCUT2D eigenvalue weighted by Gasteiger charge is 1.91. The lowest BCUT2D eigenvalue weighted by Crippen LogP contribution is -2.02. The van der Waals surface area contributed by atoms with E-state index in [4.69, 9.17) is 0 Å². The highest BCUT2D eigenvalue weighted by Crippen LogP contribution is 1.95. The summed E-state index contributed by atoms with van der Waals surface area (Å²) in [6, 6.07) is 5.82. The van der Waals surface area contributed by atoms with Crippen LogP contribution < -0.4 is 5.11 Å². The van der Waals surface area contributed by atoms with Gasteiger partial charge in [-0.05, 0) is 19.1 Å². The molecule has 80 valence electrons. The van der Waals surface area contributed by atoms with Crippen molar-refractivity contribution in [3.8, 4) is 0 Å². The molecule has 0 saturated carbocycles. The third-order valence-electron chi connectivity index (χ3n) is 1.87. The number of hydrogen-bond donors (Lipinski definition) is 0. The van der Waals surface area contributed by atoms with Crippen LogP contribution in [0.3, 0.4) is 0 Å². The van der Waals surface area contributed by atoms with Crippen LogP contribution in [0.4, 0.5) is 0 Å². The molecule has 0 amide bonds. The van der Waals surface area contributed by atoms with Crippen molar-refractivity contribution < 1.29 is 5.11 Å². The Morgan fingerprint density at radius 1 is 1.47 bits per heavy atom. The summed E-state index contributed by atoms with van der Waals surface area (Å²) in [6.45, 7) is 4.03. The Morgan fingerprint density at radius 2 is 2.27 bits per heavy atom. The topological polar surface area (TPSA) is 48.3 Å². The summed E-state index contributed by atoms with van der Waals surface area (Å²) in [5.41, 5.74) is 1.80. The molecule has 0 unspecified atom stereocenters. The van der Waals surface area contributed by atoms with Crippen molar-refractivity contribution in [1.29, 1.82) is 0 Å². The number of pyridine rings is 1. The quantitative estimate of drug-likeness (QED) is 0.548. The van der Waals surface area contributed by atoms with Crippen LogP contribution in [-0.2, 0) is 6.42 Å². The largest absolute Gasteiger partial charge is 0.876 e. The summed E-state index contributed by atoms with van der Waals surface area (Å²) < 4.78 is 0. The van der Waals surface area contributed by atoms with Crippen molar-refractivity contribution in [3.63, 3.8) is 0 Å². The van der Waals surface area contributed by atoms with Gasteiger partial charge in [-0.3, -0.25) is 9.98 Å². The van der Waals surface area contributed by atoms with Crippen LogP contribution in [0.2, 0.25) is 0 Å². The Labute approximate surface area is 90.2 Å². The van der Waals surface area contributed by atoms with Crippen LogP contribution in [-0.4, -0.2) is 17.2 Å². The van der Waals surface area contributed by atoms with Gasteiger partial charge in [-0.2, -0.15) is 0 Å². The van der Waals surface area contributed by atoms with Crippen LogP contribution in [0.15, 0.2) is 41.2 Å². The Kier molecular flexibility index (Phi) is 4.54. The molecule has 0 aromatic carbocycles. The molecular formula is C12H15N2O-. The first-order valence-electron chi connectivity index (χ1n) is 4.95. The van der Waals surface area contributed by atoms with Gasteiger partial charge in [0.05, 0.1) is 0 Å². The fourth-order valence-electron chi connectivity index (χ4n) is 1.23. The lowest BCUT2D eigenvalue weighted by Gasteiger charge is -2.03. The second-order valence-corrected chi connectivity index (χ2v) is 3.35. The maximum atomic E-state index is 10.7. The Balaban J connectivity index is 2.42. The van der Waals surface area contributed by atoms with Crippen LogP contribution >= 0.6 is 0 Å².